The van der Waals surface area contributed by atoms with Gasteiger partial charge in [-0.15, -0.1) is 0 Å². The molecule has 2 fully saturated rings. The van der Waals surface area contributed by atoms with Crippen molar-refractivity contribution in [3.05, 3.63) is 0 Å². The van der Waals surface area contributed by atoms with Crippen molar-refractivity contribution in [2.75, 3.05) is 26.7 Å². The maximum absolute atomic E-state index is 11.4. The van der Waals surface area contributed by atoms with Crippen LogP contribution in [0, 0.1) is 0 Å². The number of hydrogen-bond donors (Lipinski definition) is 2. The van der Waals surface area contributed by atoms with Crippen molar-refractivity contribution in [2.45, 2.75) is 31.3 Å². The Balaban J connectivity index is 1.83. The predicted molar refractivity (Wildman–Crippen MR) is 55.1 cm³/mol. The molecule has 0 bridgehead atoms. The number of rotatable bonds is 3. The van der Waals surface area contributed by atoms with Crippen LogP contribution in [0.5, 0.6) is 0 Å². The van der Waals surface area contributed by atoms with Crippen LogP contribution in [0.25, 0.3) is 0 Å². The number of amides is 1. The number of carbonyl (C=O) groups is 1. The van der Waals surface area contributed by atoms with E-state index in [9.17, 15) is 4.79 Å². The van der Waals surface area contributed by atoms with Crippen molar-refractivity contribution in [3.8, 4) is 0 Å². The average Bonchev–Trinajstić information content (AvgIpc) is 2.70. The second kappa shape index (κ2) is 4.28. The lowest BCUT2D eigenvalue weighted by Gasteiger charge is -2.21. The Morgan fingerprint density at radius 1 is 1.43 bits per heavy atom. The molecule has 2 saturated heterocycles. The molecule has 2 aliphatic heterocycles. The van der Waals surface area contributed by atoms with E-state index in [2.05, 4.69) is 15.5 Å². The second-order valence-corrected chi connectivity index (χ2v) is 4.24. The van der Waals surface area contributed by atoms with E-state index in [1.165, 1.54) is 19.4 Å². The molecule has 1 amide bonds. The van der Waals surface area contributed by atoms with Crippen molar-refractivity contribution in [1.82, 2.24) is 15.5 Å². The first kappa shape index (κ1) is 9.93. The van der Waals surface area contributed by atoms with Gasteiger partial charge in [-0.2, -0.15) is 0 Å². The number of nitrogens with zero attached hydrogens (tertiary/aromatic N) is 1. The standard InChI is InChI=1S/C10H19N3O/c1-11-7-10(14)12-8-4-6-13-5-2-3-9(8)13/h8-9,11H,2-7H2,1H3,(H,12,14). The molecule has 2 heterocycles. The Morgan fingerprint density at radius 2 is 2.29 bits per heavy atom. The molecule has 2 aliphatic rings. The molecule has 2 rings (SSSR count). The van der Waals surface area contributed by atoms with Crippen LogP contribution in [0.3, 0.4) is 0 Å². The molecule has 4 heteroatoms. The van der Waals surface area contributed by atoms with Gasteiger partial charge in [0.15, 0.2) is 0 Å². The number of fused-ring (bicyclic) bond motifs is 1. The lowest BCUT2D eigenvalue weighted by atomic mass is 10.1. The Hall–Kier alpha value is -0.610. The van der Waals surface area contributed by atoms with Gasteiger partial charge in [0.1, 0.15) is 0 Å². The third-order valence-electron chi connectivity index (χ3n) is 3.29. The van der Waals surface area contributed by atoms with Crippen molar-refractivity contribution in [2.24, 2.45) is 0 Å². The zero-order valence-electron chi connectivity index (χ0n) is 8.75. The van der Waals surface area contributed by atoms with Gasteiger partial charge in [-0.3, -0.25) is 9.69 Å². The Morgan fingerprint density at radius 3 is 3.07 bits per heavy atom. The van der Waals surface area contributed by atoms with Crippen LogP contribution in [-0.4, -0.2) is 49.6 Å². The van der Waals surface area contributed by atoms with Crippen molar-refractivity contribution in [3.63, 3.8) is 0 Å². The van der Waals surface area contributed by atoms with Crippen LogP contribution >= 0.6 is 0 Å². The molecule has 0 aromatic carbocycles. The molecular weight excluding hydrogens is 178 g/mol. The van der Waals surface area contributed by atoms with Crippen molar-refractivity contribution in [1.29, 1.82) is 0 Å². The van der Waals surface area contributed by atoms with Gasteiger partial charge >= 0.3 is 0 Å². The highest BCUT2D eigenvalue weighted by Gasteiger charge is 2.37. The van der Waals surface area contributed by atoms with Gasteiger partial charge in [-0.05, 0) is 32.9 Å². The van der Waals surface area contributed by atoms with Crippen LogP contribution < -0.4 is 10.6 Å². The number of nitrogens with one attached hydrogen (secondary N) is 2. The molecule has 2 unspecified atom stereocenters. The number of carbonyl (C=O) groups excluding carboxylic acids is 1. The first-order chi connectivity index (χ1) is 6.81. The minimum atomic E-state index is 0.131. The summed E-state index contributed by atoms with van der Waals surface area (Å²) in [6.07, 6.45) is 3.67. The summed E-state index contributed by atoms with van der Waals surface area (Å²) in [6.45, 7) is 2.82. The van der Waals surface area contributed by atoms with Crippen LogP contribution in [-0.2, 0) is 4.79 Å². The van der Waals surface area contributed by atoms with E-state index >= 15 is 0 Å². The topological polar surface area (TPSA) is 44.4 Å². The minimum absolute atomic E-state index is 0.131. The molecule has 14 heavy (non-hydrogen) atoms. The Kier molecular flexibility index (Phi) is 3.03. The quantitative estimate of drug-likeness (QED) is 0.644. The summed E-state index contributed by atoms with van der Waals surface area (Å²) in [4.78, 5) is 13.9. The number of hydrogen-bond acceptors (Lipinski definition) is 3. The van der Waals surface area contributed by atoms with Crippen molar-refractivity contribution < 1.29 is 4.79 Å². The molecule has 0 aliphatic carbocycles. The molecule has 2 N–H and O–H groups in total. The average molecular weight is 197 g/mol. The highest BCUT2D eigenvalue weighted by atomic mass is 16.2. The summed E-state index contributed by atoms with van der Waals surface area (Å²) in [5.41, 5.74) is 0. The van der Waals surface area contributed by atoms with E-state index in [0.29, 0.717) is 18.6 Å². The fraction of sp³-hybridized carbons (Fsp3) is 0.900. The zero-order chi connectivity index (χ0) is 9.97. The monoisotopic (exact) mass is 197 g/mol. The van der Waals surface area contributed by atoms with E-state index < -0.39 is 0 Å². The smallest absolute Gasteiger partial charge is 0.234 e. The van der Waals surface area contributed by atoms with Gasteiger partial charge in [0, 0.05) is 18.6 Å². The van der Waals surface area contributed by atoms with E-state index in [1.807, 2.05) is 0 Å². The van der Waals surface area contributed by atoms with Crippen LogP contribution in [0.15, 0.2) is 0 Å². The fourth-order valence-electron chi connectivity index (χ4n) is 2.67. The molecule has 0 aromatic heterocycles. The Bertz CT molecular complexity index is 219. The zero-order valence-corrected chi connectivity index (χ0v) is 8.75. The molecule has 80 valence electrons. The highest BCUT2D eigenvalue weighted by Crippen LogP contribution is 2.27. The summed E-state index contributed by atoms with van der Waals surface area (Å²) in [7, 11) is 1.80. The summed E-state index contributed by atoms with van der Waals surface area (Å²) >= 11 is 0. The van der Waals surface area contributed by atoms with Gasteiger partial charge in [-0.25, -0.2) is 0 Å². The van der Waals surface area contributed by atoms with E-state index in [0.717, 1.165) is 13.0 Å². The van der Waals surface area contributed by atoms with Gasteiger partial charge < -0.3 is 10.6 Å². The molecular formula is C10H19N3O. The molecule has 0 aromatic rings. The van der Waals surface area contributed by atoms with Crippen LogP contribution in [0.2, 0.25) is 0 Å². The predicted octanol–water partition coefficient (Wildman–Crippen LogP) is -0.441. The molecule has 0 radical (unpaired) electrons. The van der Waals surface area contributed by atoms with Gasteiger partial charge in [0.25, 0.3) is 0 Å². The lowest BCUT2D eigenvalue weighted by Crippen LogP contribution is -2.45. The maximum Gasteiger partial charge on any atom is 0.234 e. The molecule has 4 nitrogen and oxygen atoms in total. The summed E-state index contributed by atoms with van der Waals surface area (Å²) in [6, 6.07) is 1.02. The molecule has 0 saturated carbocycles. The third kappa shape index (κ3) is 1.91. The van der Waals surface area contributed by atoms with Crippen LogP contribution in [0.4, 0.5) is 0 Å². The third-order valence-corrected chi connectivity index (χ3v) is 3.29. The number of likely N-dealkylation sites (N-methyl/N-ethyl adjacent to an activating group) is 1. The molecule has 0 spiro atoms. The van der Waals surface area contributed by atoms with Crippen molar-refractivity contribution >= 4 is 5.91 Å². The van der Waals surface area contributed by atoms with E-state index in [-0.39, 0.29) is 5.91 Å². The minimum Gasteiger partial charge on any atom is -0.351 e. The van der Waals surface area contributed by atoms with E-state index in [1.54, 1.807) is 7.05 Å². The molecule has 2 atom stereocenters. The van der Waals surface area contributed by atoms with E-state index in [4.69, 9.17) is 0 Å². The lowest BCUT2D eigenvalue weighted by molar-refractivity contribution is -0.121. The normalized spacial score (nSPS) is 31.8. The fourth-order valence-corrected chi connectivity index (χ4v) is 2.67. The van der Waals surface area contributed by atoms with Crippen LogP contribution in [0.1, 0.15) is 19.3 Å². The highest BCUT2D eigenvalue weighted by molar-refractivity contribution is 5.78. The summed E-state index contributed by atoms with van der Waals surface area (Å²) in [5, 5.41) is 5.98. The van der Waals surface area contributed by atoms with Gasteiger partial charge in [0.05, 0.1) is 6.54 Å². The second-order valence-electron chi connectivity index (χ2n) is 4.24. The SMILES string of the molecule is CNCC(=O)NC1CCN2CCCC12. The first-order valence-corrected chi connectivity index (χ1v) is 5.49. The summed E-state index contributed by atoms with van der Waals surface area (Å²) in [5.74, 6) is 0.131. The largest absolute Gasteiger partial charge is 0.351 e. The van der Waals surface area contributed by atoms with Gasteiger partial charge in [0.2, 0.25) is 5.91 Å². The maximum atomic E-state index is 11.4. The Labute approximate surface area is 85.0 Å². The summed E-state index contributed by atoms with van der Waals surface area (Å²) < 4.78 is 0. The first-order valence-electron chi connectivity index (χ1n) is 5.49. The van der Waals surface area contributed by atoms with Gasteiger partial charge in [-0.1, -0.05) is 0 Å².